The molecule has 0 bridgehead atoms. The quantitative estimate of drug-likeness (QED) is 0.664. The minimum atomic E-state index is 0.443. The second-order valence-corrected chi connectivity index (χ2v) is 5.21. The summed E-state index contributed by atoms with van der Waals surface area (Å²) in [5.41, 5.74) is 4.25. The summed E-state index contributed by atoms with van der Waals surface area (Å²) < 4.78 is 1.68. The molecule has 1 aliphatic rings. The minimum Gasteiger partial charge on any atom is -0.308 e. The van der Waals surface area contributed by atoms with Crippen molar-refractivity contribution in [3.8, 4) is 5.82 Å². The molecule has 6 nitrogen and oxygen atoms in total. The zero-order valence-corrected chi connectivity index (χ0v) is 11.6. The first-order chi connectivity index (χ1) is 9.10. The maximum atomic E-state index is 6.05. The highest BCUT2D eigenvalue weighted by molar-refractivity contribution is 6.31. The molecule has 2 aromatic rings. The predicted octanol–water partition coefficient (Wildman–Crippen LogP) is 2.10. The van der Waals surface area contributed by atoms with Gasteiger partial charge in [0.2, 0.25) is 0 Å². The van der Waals surface area contributed by atoms with Crippen LogP contribution in [0.25, 0.3) is 5.82 Å². The number of aromatic nitrogens is 4. The van der Waals surface area contributed by atoms with Gasteiger partial charge in [0.15, 0.2) is 5.82 Å². The van der Waals surface area contributed by atoms with Crippen LogP contribution >= 0.6 is 11.6 Å². The molecule has 0 amide bonds. The van der Waals surface area contributed by atoms with Gasteiger partial charge < -0.3 is 5.43 Å². The largest absolute Gasteiger partial charge is 0.308 e. The van der Waals surface area contributed by atoms with E-state index in [1.54, 1.807) is 10.9 Å². The van der Waals surface area contributed by atoms with E-state index < -0.39 is 0 Å². The van der Waals surface area contributed by atoms with Crippen molar-refractivity contribution >= 4 is 17.4 Å². The predicted molar refractivity (Wildman–Crippen MR) is 73.4 cm³/mol. The Morgan fingerprint density at radius 3 is 2.63 bits per heavy atom. The maximum absolute atomic E-state index is 6.05. The molecule has 1 fully saturated rings. The van der Waals surface area contributed by atoms with Crippen molar-refractivity contribution in [3.63, 3.8) is 0 Å². The molecule has 2 heterocycles. The van der Waals surface area contributed by atoms with E-state index in [1.807, 2.05) is 13.8 Å². The Balaban J connectivity index is 2.15. The van der Waals surface area contributed by atoms with Crippen molar-refractivity contribution in [2.45, 2.75) is 32.6 Å². The van der Waals surface area contributed by atoms with E-state index in [4.69, 9.17) is 17.4 Å². The summed E-state index contributed by atoms with van der Waals surface area (Å²) in [6, 6.07) is 0. The van der Waals surface area contributed by atoms with Crippen molar-refractivity contribution in [3.05, 3.63) is 28.3 Å². The minimum absolute atomic E-state index is 0.443. The topological polar surface area (TPSA) is 81.7 Å². The van der Waals surface area contributed by atoms with Crippen LogP contribution in [0.15, 0.2) is 6.20 Å². The highest BCUT2D eigenvalue weighted by atomic mass is 35.5. The number of hydrogen-bond donors (Lipinski definition) is 2. The van der Waals surface area contributed by atoms with Gasteiger partial charge in [-0.15, -0.1) is 0 Å². The molecule has 2 aromatic heterocycles. The van der Waals surface area contributed by atoms with Gasteiger partial charge in [-0.1, -0.05) is 11.6 Å². The molecule has 0 aliphatic heterocycles. The van der Waals surface area contributed by atoms with Gasteiger partial charge in [-0.2, -0.15) is 5.10 Å². The Hall–Kier alpha value is -1.66. The molecule has 0 radical (unpaired) electrons. The molecule has 0 saturated heterocycles. The monoisotopic (exact) mass is 278 g/mol. The summed E-state index contributed by atoms with van der Waals surface area (Å²) in [5, 5.41) is 4.98. The van der Waals surface area contributed by atoms with Crippen LogP contribution in [0.1, 0.15) is 35.8 Å². The number of halogens is 1. The second-order valence-electron chi connectivity index (χ2n) is 4.80. The summed E-state index contributed by atoms with van der Waals surface area (Å²) in [4.78, 5) is 9.05. The lowest BCUT2D eigenvalue weighted by Crippen LogP contribution is -2.15. The molecule has 19 heavy (non-hydrogen) atoms. The third-order valence-corrected chi connectivity index (χ3v) is 3.64. The molecule has 0 aromatic carbocycles. The van der Waals surface area contributed by atoms with E-state index in [1.165, 1.54) is 0 Å². The van der Waals surface area contributed by atoms with Crippen LogP contribution in [-0.4, -0.2) is 19.7 Å². The van der Waals surface area contributed by atoms with E-state index in [2.05, 4.69) is 20.5 Å². The lowest BCUT2D eigenvalue weighted by atomic mass is 10.3. The number of nitrogens with zero attached hydrogens (tertiary/aromatic N) is 4. The average molecular weight is 279 g/mol. The number of aryl methyl sites for hydroxylation is 1. The Kier molecular flexibility index (Phi) is 2.91. The first-order valence-corrected chi connectivity index (χ1v) is 6.55. The number of nitrogen functional groups attached to an aromatic ring is 1. The lowest BCUT2D eigenvalue weighted by Gasteiger charge is -2.11. The molecule has 0 unspecified atom stereocenters. The number of nitrogens with two attached hydrogens (primary N) is 1. The maximum Gasteiger partial charge on any atom is 0.162 e. The highest BCUT2D eigenvalue weighted by Gasteiger charge is 2.28. The fourth-order valence-corrected chi connectivity index (χ4v) is 2.09. The summed E-state index contributed by atoms with van der Waals surface area (Å²) >= 11 is 6.05. The van der Waals surface area contributed by atoms with Gasteiger partial charge in [0.1, 0.15) is 11.6 Å². The van der Waals surface area contributed by atoms with Gasteiger partial charge in [-0.05, 0) is 26.7 Å². The zero-order valence-electron chi connectivity index (χ0n) is 10.8. The Bertz CT molecular complexity index is 612. The second kappa shape index (κ2) is 4.47. The van der Waals surface area contributed by atoms with Gasteiger partial charge in [-0.3, -0.25) is 0 Å². The van der Waals surface area contributed by atoms with Crippen LogP contribution < -0.4 is 11.3 Å². The van der Waals surface area contributed by atoms with E-state index in [0.717, 1.165) is 35.7 Å². The summed E-state index contributed by atoms with van der Waals surface area (Å²) in [6.07, 6.45) is 4.01. The fraction of sp³-hybridized carbons (Fsp3) is 0.417. The van der Waals surface area contributed by atoms with Gasteiger partial charge in [0.05, 0.1) is 16.9 Å². The fourth-order valence-electron chi connectivity index (χ4n) is 1.96. The molecule has 100 valence electrons. The highest BCUT2D eigenvalue weighted by Crippen LogP contribution is 2.39. The van der Waals surface area contributed by atoms with Crippen LogP contribution in [-0.2, 0) is 0 Å². The Morgan fingerprint density at radius 2 is 2.11 bits per heavy atom. The normalized spacial score (nSPS) is 14.7. The summed E-state index contributed by atoms with van der Waals surface area (Å²) in [7, 11) is 0. The average Bonchev–Trinajstić information content (AvgIpc) is 3.17. The SMILES string of the molecule is Cc1nn(-c2nc(C3CC3)nc(NN)c2C)cc1Cl. The van der Waals surface area contributed by atoms with Crippen molar-refractivity contribution in [2.24, 2.45) is 5.84 Å². The zero-order chi connectivity index (χ0) is 13.6. The van der Waals surface area contributed by atoms with Crippen LogP contribution in [0, 0.1) is 13.8 Å². The Morgan fingerprint density at radius 1 is 1.37 bits per heavy atom. The van der Waals surface area contributed by atoms with Crippen LogP contribution in [0.4, 0.5) is 5.82 Å². The number of nitrogens with one attached hydrogen (secondary N) is 1. The van der Waals surface area contributed by atoms with Crippen molar-refractivity contribution in [1.29, 1.82) is 0 Å². The Labute approximate surface area is 116 Å². The van der Waals surface area contributed by atoms with Crippen LogP contribution in [0.2, 0.25) is 5.02 Å². The number of hydrazine groups is 1. The molecule has 0 atom stereocenters. The van der Waals surface area contributed by atoms with E-state index >= 15 is 0 Å². The molecular weight excluding hydrogens is 264 g/mol. The molecule has 7 heteroatoms. The van der Waals surface area contributed by atoms with Crippen molar-refractivity contribution in [2.75, 3.05) is 5.43 Å². The lowest BCUT2D eigenvalue weighted by molar-refractivity contribution is 0.791. The number of anilines is 1. The molecular formula is C12H15ClN6. The first kappa shape index (κ1) is 12.4. The molecule has 3 N–H and O–H groups in total. The number of rotatable bonds is 3. The number of hydrogen-bond acceptors (Lipinski definition) is 5. The van der Waals surface area contributed by atoms with Gasteiger partial charge in [-0.25, -0.2) is 20.5 Å². The van der Waals surface area contributed by atoms with E-state index in [9.17, 15) is 0 Å². The molecule has 1 saturated carbocycles. The van der Waals surface area contributed by atoms with Crippen molar-refractivity contribution < 1.29 is 0 Å². The third-order valence-electron chi connectivity index (χ3n) is 3.27. The van der Waals surface area contributed by atoms with Crippen molar-refractivity contribution in [1.82, 2.24) is 19.7 Å². The molecule has 1 aliphatic carbocycles. The van der Waals surface area contributed by atoms with Gasteiger partial charge >= 0.3 is 0 Å². The smallest absolute Gasteiger partial charge is 0.162 e. The summed E-state index contributed by atoms with van der Waals surface area (Å²) in [5.74, 6) is 8.14. The molecule has 3 rings (SSSR count). The third kappa shape index (κ3) is 2.17. The first-order valence-electron chi connectivity index (χ1n) is 6.17. The van der Waals surface area contributed by atoms with Crippen LogP contribution in [0.5, 0.6) is 0 Å². The molecule has 0 spiro atoms. The van der Waals surface area contributed by atoms with Gasteiger partial charge in [0.25, 0.3) is 0 Å². The van der Waals surface area contributed by atoms with E-state index in [-0.39, 0.29) is 0 Å². The van der Waals surface area contributed by atoms with E-state index in [0.29, 0.717) is 16.8 Å². The summed E-state index contributed by atoms with van der Waals surface area (Å²) in [6.45, 7) is 3.77. The van der Waals surface area contributed by atoms with Gasteiger partial charge in [0, 0.05) is 11.5 Å². The van der Waals surface area contributed by atoms with Crippen LogP contribution in [0.3, 0.4) is 0 Å². The standard InChI is InChI=1S/C12H15ClN6/c1-6-10(17-14)15-11(8-3-4-8)16-12(6)19-5-9(13)7(2)18-19/h5,8H,3-4,14H2,1-2H3,(H,15,16,17).